The molecule has 0 radical (unpaired) electrons. The predicted octanol–water partition coefficient (Wildman–Crippen LogP) is 1.78. The summed E-state index contributed by atoms with van der Waals surface area (Å²) in [5, 5.41) is 3.14. The van der Waals surface area contributed by atoms with Crippen LogP contribution in [0.2, 0.25) is 0 Å². The van der Waals surface area contributed by atoms with Gasteiger partial charge in [-0.25, -0.2) is 0 Å². The highest BCUT2D eigenvalue weighted by Gasteiger charge is 2.33. The molecule has 3 nitrogen and oxygen atoms in total. The normalized spacial score (nSPS) is 21.7. The fourth-order valence-electron chi connectivity index (χ4n) is 2.41. The first-order valence-corrected chi connectivity index (χ1v) is 6.02. The van der Waals surface area contributed by atoms with Crippen LogP contribution in [0.15, 0.2) is 0 Å². The molecule has 0 aromatic rings. The third-order valence-electron chi connectivity index (χ3n) is 3.60. The second kappa shape index (κ2) is 4.97. The molecule has 0 aromatic carbocycles. The van der Waals surface area contributed by atoms with E-state index in [1.54, 1.807) is 6.92 Å². The number of carbonyl (C=O) groups excluding carboxylic acids is 1. The van der Waals surface area contributed by atoms with Crippen molar-refractivity contribution in [1.29, 1.82) is 0 Å². The summed E-state index contributed by atoms with van der Waals surface area (Å²) in [5.41, 5.74) is 0.0667. The fourth-order valence-corrected chi connectivity index (χ4v) is 2.41. The van der Waals surface area contributed by atoms with Gasteiger partial charge in [0.15, 0.2) is 0 Å². The van der Waals surface area contributed by atoms with Crippen molar-refractivity contribution in [2.75, 3.05) is 13.1 Å². The zero-order chi connectivity index (χ0) is 11.5. The summed E-state index contributed by atoms with van der Waals surface area (Å²) in [6.45, 7) is 10.5. The molecule has 3 heteroatoms. The summed E-state index contributed by atoms with van der Waals surface area (Å²) in [6, 6.07) is 0.622. The molecule has 1 saturated heterocycles. The lowest BCUT2D eigenvalue weighted by Crippen LogP contribution is -2.55. The van der Waals surface area contributed by atoms with E-state index in [2.05, 4.69) is 31.0 Å². The Balaban J connectivity index is 2.54. The molecule has 1 heterocycles. The zero-order valence-corrected chi connectivity index (χ0v) is 10.5. The van der Waals surface area contributed by atoms with Crippen LogP contribution in [0, 0.1) is 0 Å². The van der Waals surface area contributed by atoms with E-state index in [0.717, 1.165) is 32.4 Å². The molecular weight excluding hydrogens is 188 g/mol. The Labute approximate surface area is 93.2 Å². The lowest BCUT2D eigenvalue weighted by atomic mass is 9.84. The summed E-state index contributed by atoms with van der Waals surface area (Å²) in [6.07, 6.45) is 3.21. The van der Waals surface area contributed by atoms with Crippen LogP contribution in [0.3, 0.4) is 0 Å². The molecule has 0 spiro atoms. The summed E-state index contributed by atoms with van der Waals surface area (Å²) in [4.78, 5) is 13.6. The lowest BCUT2D eigenvalue weighted by Gasteiger charge is -2.43. The van der Waals surface area contributed by atoms with E-state index in [-0.39, 0.29) is 11.4 Å². The van der Waals surface area contributed by atoms with Gasteiger partial charge in [-0.2, -0.15) is 0 Å². The number of piperidine rings is 1. The Morgan fingerprint density at radius 3 is 2.27 bits per heavy atom. The first-order valence-electron chi connectivity index (χ1n) is 6.02. The molecular formula is C12H24N2O. The molecule has 1 aliphatic heterocycles. The largest absolute Gasteiger partial charge is 0.351 e. The molecule has 0 saturated carbocycles. The number of nitrogens with zero attached hydrogens (tertiary/aromatic N) is 1. The highest BCUT2D eigenvalue weighted by Crippen LogP contribution is 2.26. The first kappa shape index (κ1) is 12.5. The Morgan fingerprint density at radius 1 is 1.40 bits per heavy atom. The zero-order valence-electron chi connectivity index (χ0n) is 10.5. The summed E-state index contributed by atoms with van der Waals surface area (Å²) >= 11 is 0. The van der Waals surface area contributed by atoms with Gasteiger partial charge < -0.3 is 10.2 Å². The maximum absolute atomic E-state index is 11.2. The number of carbonyl (C=O) groups is 1. The van der Waals surface area contributed by atoms with E-state index in [0.29, 0.717) is 6.04 Å². The van der Waals surface area contributed by atoms with Crippen LogP contribution in [0.25, 0.3) is 0 Å². The van der Waals surface area contributed by atoms with Gasteiger partial charge in [-0.15, -0.1) is 0 Å². The van der Waals surface area contributed by atoms with Crippen molar-refractivity contribution in [2.24, 2.45) is 0 Å². The topological polar surface area (TPSA) is 32.3 Å². The van der Waals surface area contributed by atoms with E-state index in [4.69, 9.17) is 0 Å². The molecule has 15 heavy (non-hydrogen) atoms. The van der Waals surface area contributed by atoms with Gasteiger partial charge in [-0.1, -0.05) is 6.92 Å². The van der Waals surface area contributed by atoms with E-state index >= 15 is 0 Å². The Morgan fingerprint density at radius 2 is 1.93 bits per heavy atom. The van der Waals surface area contributed by atoms with E-state index in [1.165, 1.54) is 0 Å². The average Bonchev–Trinajstić information content (AvgIpc) is 2.17. The molecule has 1 amide bonds. The van der Waals surface area contributed by atoms with Crippen molar-refractivity contribution in [3.63, 3.8) is 0 Å². The van der Waals surface area contributed by atoms with E-state index < -0.39 is 0 Å². The molecule has 0 bridgehead atoms. The number of amides is 1. The van der Waals surface area contributed by atoms with Crippen LogP contribution < -0.4 is 5.32 Å². The van der Waals surface area contributed by atoms with E-state index in [1.807, 2.05) is 0 Å². The molecule has 0 aromatic heterocycles. The van der Waals surface area contributed by atoms with Gasteiger partial charge >= 0.3 is 0 Å². The number of nitrogens with one attached hydrogen (secondary N) is 1. The molecule has 1 aliphatic rings. The fraction of sp³-hybridized carbons (Fsp3) is 0.917. The Hall–Kier alpha value is -0.570. The van der Waals surface area contributed by atoms with Crippen molar-refractivity contribution in [1.82, 2.24) is 10.2 Å². The van der Waals surface area contributed by atoms with Gasteiger partial charge in [-0.3, -0.25) is 4.79 Å². The van der Waals surface area contributed by atoms with Gasteiger partial charge in [-0.05, 0) is 33.1 Å². The number of likely N-dealkylation sites (tertiary alicyclic amines) is 1. The number of hydrogen-bond donors (Lipinski definition) is 1. The predicted molar refractivity (Wildman–Crippen MR) is 62.8 cm³/mol. The maximum Gasteiger partial charge on any atom is 0.217 e. The maximum atomic E-state index is 11.2. The number of rotatable bonds is 3. The molecule has 88 valence electrons. The van der Waals surface area contributed by atoms with Crippen LogP contribution in [0.4, 0.5) is 0 Å². The van der Waals surface area contributed by atoms with Gasteiger partial charge in [0.05, 0.1) is 0 Å². The standard InChI is InChI=1S/C12H24N2O/c1-5-12(13-11(4)15)6-8-14(9-7-12)10(2)3/h10H,5-9H2,1-4H3,(H,13,15). The molecule has 1 rings (SSSR count). The SMILES string of the molecule is CCC1(NC(C)=O)CCN(C(C)C)CC1. The third-order valence-corrected chi connectivity index (χ3v) is 3.60. The van der Waals surface area contributed by atoms with Crippen LogP contribution in [0.1, 0.15) is 47.0 Å². The average molecular weight is 212 g/mol. The van der Waals surface area contributed by atoms with E-state index in [9.17, 15) is 4.79 Å². The third kappa shape index (κ3) is 3.20. The van der Waals surface area contributed by atoms with Crippen molar-refractivity contribution in [3.05, 3.63) is 0 Å². The smallest absolute Gasteiger partial charge is 0.217 e. The minimum Gasteiger partial charge on any atom is -0.351 e. The van der Waals surface area contributed by atoms with Crippen LogP contribution >= 0.6 is 0 Å². The Bertz CT molecular complexity index is 218. The summed E-state index contributed by atoms with van der Waals surface area (Å²) in [7, 11) is 0. The quantitative estimate of drug-likeness (QED) is 0.773. The highest BCUT2D eigenvalue weighted by molar-refractivity contribution is 5.73. The van der Waals surface area contributed by atoms with Crippen LogP contribution in [-0.2, 0) is 4.79 Å². The summed E-state index contributed by atoms with van der Waals surface area (Å²) in [5.74, 6) is 0.106. The van der Waals surface area contributed by atoms with Crippen molar-refractivity contribution in [2.45, 2.75) is 58.5 Å². The molecule has 0 aliphatic carbocycles. The van der Waals surface area contributed by atoms with Gasteiger partial charge in [0.2, 0.25) is 5.91 Å². The number of hydrogen-bond acceptors (Lipinski definition) is 2. The molecule has 1 N–H and O–H groups in total. The summed E-state index contributed by atoms with van der Waals surface area (Å²) < 4.78 is 0. The van der Waals surface area contributed by atoms with Crippen LogP contribution in [0.5, 0.6) is 0 Å². The van der Waals surface area contributed by atoms with Crippen molar-refractivity contribution >= 4 is 5.91 Å². The lowest BCUT2D eigenvalue weighted by molar-refractivity contribution is -0.121. The Kier molecular flexibility index (Phi) is 4.14. The van der Waals surface area contributed by atoms with Gasteiger partial charge in [0, 0.05) is 31.6 Å². The van der Waals surface area contributed by atoms with Gasteiger partial charge in [0.1, 0.15) is 0 Å². The van der Waals surface area contributed by atoms with Crippen molar-refractivity contribution in [3.8, 4) is 0 Å². The van der Waals surface area contributed by atoms with Gasteiger partial charge in [0.25, 0.3) is 0 Å². The monoisotopic (exact) mass is 212 g/mol. The first-order chi connectivity index (χ1) is 6.99. The minimum atomic E-state index is 0.0667. The van der Waals surface area contributed by atoms with Crippen LogP contribution in [-0.4, -0.2) is 35.5 Å². The minimum absolute atomic E-state index is 0.0667. The highest BCUT2D eigenvalue weighted by atomic mass is 16.1. The second-order valence-electron chi connectivity index (χ2n) is 4.94. The molecule has 0 unspecified atom stereocenters. The van der Waals surface area contributed by atoms with Crippen molar-refractivity contribution < 1.29 is 4.79 Å². The second-order valence-corrected chi connectivity index (χ2v) is 4.94. The molecule has 0 atom stereocenters. The molecule has 1 fully saturated rings.